The van der Waals surface area contributed by atoms with Crippen molar-refractivity contribution in [1.29, 1.82) is 0 Å². The number of thioether (sulfide) groups is 1. The Kier molecular flexibility index (Phi) is 5.09. The standard InChI is InChI=1S/C11H14N2O3S/c1-4-16-11(15)7(2)10(14)9-8(17-3)5-12-6-13-9/h5-7H,4H2,1-3H3. The van der Waals surface area contributed by atoms with Gasteiger partial charge in [0.2, 0.25) is 0 Å². The summed E-state index contributed by atoms with van der Waals surface area (Å²) in [4.78, 5) is 31.9. The van der Waals surface area contributed by atoms with Gasteiger partial charge in [-0.3, -0.25) is 9.59 Å². The van der Waals surface area contributed by atoms with Gasteiger partial charge in [0, 0.05) is 6.20 Å². The summed E-state index contributed by atoms with van der Waals surface area (Å²) in [6, 6.07) is 0. The topological polar surface area (TPSA) is 69.2 Å². The minimum absolute atomic E-state index is 0.260. The lowest BCUT2D eigenvalue weighted by molar-refractivity contribution is -0.145. The van der Waals surface area contributed by atoms with E-state index in [1.807, 2.05) is 6.26 Å². The lowest BCUT2D eigenvalue weighted by Gasteiger charge is -2.10. The van der Waals surface area contributed by atoms with Crippen molar-refractivity contribution >= 4 is 23.5 Å². The maximum atomic E-state index is 12.0. The monoisotopic (exact) mass is 254 g/mol. The molecule has 1 aromatic heterocycles. The molecule has 0 aliphatic carbocycles. The zero-order valence-electron chi connectivity index (χ0n) is 9.97. The number of carbonyl (C=O) groups excluding carboxylic acids is 2. The molecule has 0 bridgehead atoms. The molecule has 1 heterocycles. The molecule has 1 atom stereocenters. The Hall–Kier alpha value is -1.43. The molecule has 1 aromatic rings. The number of carbonyl (C=O) groups is 2. The molecule has 6 heteroatoms. The molecule has 17 heavy (non-hydrogen) atoms. The number of nitrogens with zero attached hydrogens (tertiary/aromatic N) is 2. The maximum Gasteiger partial charge on any atom is 0.316 e. The van der Waals surface area contributed by atoms with E-state index in [2.05, 4.69) is 9.97 Å². The molecular weight excluding hydrogens is 240 g/mol. The second-order valence-electron chi connectivity index (χ2n) is 3.28. The predicted molar refractivity (Wildman–Crippen MR) is 63.9 cm³/mol. The van der Waals surface area contributed by atoms with Crippen LogP contribution in [0.25, 0.3) is 0 Å². The lowest BCUT2D eigenvalue weighted by atomic mass is 10.0. The third-order valence-corrected chi connectivity index (χ3v) is 2.90. The molecule has 0 radical (unpaired) electrons. The molecule has 0 fully saturated rings. The minimum atomic E-state index is -0.837. The van der Waals surface area contributed by atoms with Crippen LogP contribution >= 0.6 is 11.8 Å². The molecule has 0 saturated heterocycles. The van der Waals surface area contributed by atoms with E-state index in [1.165, 1.54) is 25.0 Å². The number of ketones is 1. The lowest BCUT2D eigenvalue weighted by Crippen LogP contribution is -2.24. The molecule has 1 rings (SSSR count). The van der Waals surface area contributed by atoms with E-state index in [0.29, 0.717) is 4.90 Å². The first-order valence-electron chi connectivity index (χ1n) is 5.16. The van der Waals surface area contributed by atoms with Gasteiger partial charge in [-0.2, -0.15) is 0 Å². The highest BCUT2D eigenvalue weighted by Crippen LogP contribution is 2.20. The fourth-order valence-electron chi connectivity index (χ4n) is 1.23. The molecule has 92 valence electrons. The van der Waals surface area contributed by atoms with Crippen LogP contribution in [-0.2, 0) is 9.53 Å². The molecule has 0 spiro atoms. The van der Waals surface area contributed by atoms with Gasteiger partial charge in [-0.25, -0.2) is 9.97 Å². The van der Waals surface area contributed by atoms with Gasteiger partial charge in [0.1, 0.15) is 17.9 Å². The van der Waals surface area contributed by atoms with Gasteiger partial charge < -0.3 is 4.74 Å². The van der Waals surface area contributed by atoms with E-state index in [4.69, 9.17) is 4.74 Å². The van der Waals surface area contributed by atoms with Gasteiger partial charge in [-0.15, -0.1) is 11.8 Å². The first kappa shape index (κ1) is 13.6. The van der Waals surface area contributed by atoms with Gasteiger partial charge >= 0.3 is 5.97 Å². The fraction of sp³-hybridized carbons (Fsp3) is 0.455. The first-order chi connectivity index (χ1) is 8.11. The van der Waals surface area contributed by atoms with Crippen molar-refractivity contribution in [3.63, 3.8) is 0 Å². The second kappa shape index (κ2) is 6.34. The van der Waals surface area contributed by atoms with Crippen LogP contribution in [0.1, 0.15) is 24.3 Å². The average Bonchev–Trinajstić information content (AvgIpc) is 2.37. The van der Waals surface area contributed by atoms with Crippen LogP contribution in [0.3, 0.4) is 0 Å². The quantitative estimate of drug-likeness (QED) is 0.344. The Morgan fingerprint density at radius 2 is 2.24 bits per heavy atom. The highest BCUT2D eigenvalue weighted by Gasteiger charge is 2.26. The van der Waals surface area contributed by atoms with Crippen LogP contribution in [-0.4, -0.2) is 34.6 Å². The summed E-state index contributed by atoms with van der Waals surface area (Å²) in [5.74, 6) is -1.70. The van der Waals surface area contributed by atoms with Gasteiger partial charge in [-0.05, 0) is 20.1 Å². The number of ether oxygens (including phenoxy) is 1. The first-order valence-corrected chi connectivity index (χ1v) is 6.39. The van der Waals surface area contributed by atoms with Gasteiger partial charge in [0.25, 0.3) is 0 Å². The van der Waals surface area contributed by atoms with Crippen LogP contribution in [0.4, 0.5) is 0 Å². The van der Waals surface area contributed by atoms with E-state index < -0.39 is 11.9 Å². The third kappa shape index (κ3) is 3.26. The Bertz CT molecular complexity index is 423. The summed E-state index contributed by atoms with van der Waals surface area (Å²) < 4.78 is 4.81. The van der Waals surface area contributed by atoms with Crippen LogP contribution in [0, 0.1) is 5.92 Å². The molecule has 0 saturated carbocycles. The number of hydrogen-bond donors (Lipinski definition) is 0. The average molecular weight is 254 g/mol. The molecule has 0 amide bonds. The van der Waals surface area contributed by atoms with E-state index in [0.717, 1.165) is 0 Å². The highest BCUT2D eigenvalue weighted by atomic mass is 32.2. The van der Waals surface area contributed by atoms with Gasteiger partial charge in [0.05, 0.1) is 11.5 Å². The number of aromatic nitrogens is 2. The molecule has 0 N–H and O–H groups in total. The normalized spacial score (nSPS) is 11.9. The van der Waals surface area contributed by atoms with Crippen LogP contribution in [0.2, 0.25) is 0 Å². The van der Waals surface area contributed by atoms with Crippen molar-refractivity contribution in [2.45, 2.75) is 18.7 Å². The Morgan fingerprint density at radius 3 is 2.82 bits per heavy atom. The third-order valence-electron chi connectivity index (χ3n) is 2.17. The molecule has 5 nitrogen and oxygen atoms in total. The van der Waals surface area contributed by atoms with Gasteiger partial charge in [0.15, 0.2) is 5.78 Å². The second-order valence-corrected chi connectivity index (χ2v) is 4.13. The summed E-state index contributed by atoms with van der Waals surface area (Å²) in [6.45, 7) is 3.48. The summed E-state index contributed by atoms with van der Waals surface area (Å²) in [6.07, 6.45) is 4.68. The van der Waals surface area contributed by atoms with Crippen LogP contribution in [0.15, 0.2) is 17.4 Å². The number of Topliss-reactive ketones (excluding diaryl/α,β-unsaturated/α-hetero) is 1. The summed E-state index contributed by atoms with van der Waals surface area (Å²) in [7, 11) is 0. The van der Waals surface area contributed by atoms with Crippen molar-refractivity contribution in [3.05, 3.63) is 18.2 Å². The van der Waals surface area contributed by atoms with Crippen molar-refractivity contribution < 1.29 is 14.3 Å². The molecular formula is C11H14N2O3S. The number of esters is 1. The Morgan fingerprint density at radius 1 is 1.53 bits per heavy atom. The Labute approximate surface area is 104 Å². The molecule has 1 unspecified atom stereocenters. The number of hydrogen-bond acceptors (Lipinski definition) is 6. The minimum Gasteiger partial charge on any atom is -0.465 e. The molecule has 0 aromatic carbocycles. The number of rotatable bonds is 5. The highest BCUT2D eigenvalue weighted by molar-refractivity contribution is 7.98. The van der Waals surface area contributed by atoms with Crippen molar-refractivity contribution in [3.8, 4) is 0 Å². The SMILES string of the molecule is CCOC(=O)C(C)C(=O)c1ncncc1SC. The van der Waals surface area contributed by atoms with Crippen molar-refractivity contribution in [1.82, 2.24) is 9.97 Å². The summed E-state index contributed by atoms with van der Waals surface area (Å²) in [5.41, 5.74) is 0.271. The van der Waals surface area contributed by atoms with E-state index in [-0.39, 0.29) is 18.1 Å². The fourth-order valence-corrected chi connectivity index (χ4v) is 1.74. The van der Waals surface area contributed by atoms with Crippen molar-refractivity contribution in [2.75, 3.05) is 12.9 Å². The maximum absolute atomic E-state index is 12.0. The zero-order valence-corrected chi connectivity index (χ0v) is 10.8. The largest absolute Gasteiger partial charge is 0.465 e. The van der Waals surface area contributed by atoms with E-state index in [1.54, 1.807) is 13.1 Å². The molecule has 0 aliphatic rings. The Balaban J connectivity index is 2.92. The summed E-state index contributed by atoms with van der Waals surface area (Å²) in [5, 5.41) is 0. The molecule has 0 aliphatic heterocycles. The smallest absolute Gasteiger partial charge is 0.316 e. The van der Waals surface area contributed by atoms with E-state index >= 15 is 0 Å². The predicted octanol–water partition coefficient (Wildman–Crippen LogP) is 1.58. The van der Waals surface area contributed by atoms with Crippen LogP contribution < -0.4 is 0 Å². The summed E-state index contributed by atoms with van der Waals surface area (Å²) >= 11 is 1.37. The zero-order chi connectivity index (χ0) is 12.8. The van der Waals surface area contributed by atoms with Gasteiger partial charge in [-0.1, -0.05) is 0 Å². The van der Waals surface area contributed by atoms with E-state index in [9.17, 15) is 9.59 Å². The van der Waals surface area contributed by atoms with Crippen molar-refractivity contribution in [2.24, 2.45) is 5.92 Å². The van der Waals surface area contributed by atoms with Crippen LogP contribution in [0.5, 0.6) is 0 Å².